The predicted octanol–water partition coefficient (Wildman–Crippen LogP) is 3.86. The van der Waals surface area contributed by atoms with Crippen molar-refractivity contribution in [3.8, 4) is 17.2 Å². The van der Waals surface area contributed by atoms with Crippen molar-refractivity contribution in [3.63, 3.8) is 0 Å². The minimum Gasteiger partial charge on any atom is -0.494 e. The van der Waals surface area contributed by atoms with E-state index in [0.29, 0.717) is 17.1 Å². The summed E-state index contributed by atoms with van der Waals surface area (Å²) >= 11 is 1.55. The second-order valence-electron chi connectivity index (χ2n) is 5.52. The molecule has 3 rings (SSSR count). The lowest BCUT2D eigenvalue weighted by molar-refractivity contribution is 0.239. The van der Waals surface area contributed by atoms with Crippen LogP contribution in [0.3, 0.4) is 0 Å². The van der Waals surface area contributed by atoms with Crippen LogP contribution in [0.5, 0.6) is 5.75 Å². The molecule has 26 heavy (non-hydrogen) atoms. The molecular formula is C18H18FN3O3S. The lowest BCUT2D eigenvalue weighted by atomic mass is 10.2. The molecule has 0 spiro atoms. The number of hydrogen-bond donors (Lipinski definition) is 2. The summed E-state index contributed by atoms with van der Waals surface area (Å²) in [7, 11) is 1.40. The molecule has 0 atom stereocenters. The summed E-state index contributed by atoms with van der Waals surface area (Å²) in [6.07, 6.45) is 0. The van der Waals surface area contributed by atoms with Gasteiger partial charge in [0, 0.05) is 11.9 Å². The number of benzene rings is 1. The first kappa shape index (κ1) is 17.9. The topological polar surface area (TPSA) is 76.4 Å². The van der Waals surface area contributed by atoms with E-state index < -0.39 is 5.82 Å². The summed E-state index contributed by atoms with van der Waals surface area (Å²) in [5, 5.41) is 8.25. The minimum absolute atomic E-state index is 0.169. The van der Waals surface area contributed by atoms with Crippen molar-refractivity contribution in [2.45, 2.75) is 20.0 Å². The fraction of sp³-hybridized carbons (Fsp3) is 0.222. The van der Waals surface area contributed by atoms with Gasteiger partial charge in [0.2, 0.25) is 0 Å². The average molecular weight is 375 g/mol. The third-order valence-corrected chi connectivity index (χ3v) is 4.40. The summed E-state index contributed by atoms with van der Waals surface area (Å²) in [5.41, 5.74) is 1.42. The van der Waals surface area contributed by atoms with Crippen molar-refractivity contribution in [3.05, 3.63) is 57.9 Å². The highest BCUT2D eigenvalue weighted by Gasteiger charge is 2.09. The number of hydrogen-bond acceptors (Lipinski definition) is 5. The minimum atomic E-state index is -0.465. The van der Waals surface area contributed by atoms with Gasteiger partial charge in [-0.2, -0.15) is 0 Å². The lowest BCUT2D eigenvalue weighted by Crippen LogP contribution is -2.34. The Bertz CT molecular complexity index is 907. The monoisotopic (exact) mass is 375 g/mol. The zero-order valence-corrected chi connectivity index (χ0v) is 15.2. The normalized spacial score (nSPS) is 10.6. The van der Waals surface area contributed by atoms with Gasteiger partial charge in [0.25, 0.3) is 0 Å². The van der Waals surface area contributed by atoms with Crippen LogP contribution in [0, 0.1) is 12.7 Å². The van der Waals surface area contributed by atoms with Gasteiger partial charge in [0.15, 0.2) is 17.3 Å². The molecule has 3 aromatic rings. The van der Waals surface area contributed by atoms with Gasteiger partial charge in [-0.3, -0.25) is 0 Å². The average Bonchev–Trinajstić information content (AvgIpc) is 3.27. The van der Waals surface area contributed by atoms with E-state index in [0.717, 1.165) is 10.7 Å². The van der Waals surface area contributed by atoms with Gasteiger partial charge in [0.1, 0.15) is 11.5 Å². The Kier molecular flexibility index (Phi) is 5.52. The van der Waals surface area contributed by atoms with Crippen LogP contribution in [0.25, 0.3) is 11.5 Å². The van der Waals surface area contributed by atoms with Crippen LogP contribution < -0.4 is 15.4 Å². The Hall–Kier alpha value is -2.87. The first-order valence-electron chi connectivity index (χ1n) is 7.90. The van der Waals surface area contributed by atoms with Crippen molar-refractivity contribution in [2.75, 3.05) is 7.11 Å². The standard InChI is InChI=1S/C18H18FN3O3S/c1-11-22-15(10-26-11)17-6-4-13(25-17)9-21-18(23)20-8-12-3-5-16(24-2)14(19)7-12/h3-7,10H,8-9H2,1-2H3,(H2,20,21,23). The molecule has 0 aliphatic carbocycles. The number of nitrogens with zero attached hydrogens (tertiary/aromatic N) is 1. The summed E-state index contributed by atoms with van der Waals surface area (Å²) in [6, 6.07) is 7.79. The van der Waals surface area contributed by atoms with Crippen molar-refractivity contribution in [1.82, 2.24) is 15.6 Å². The number of thiazole rings is 1. The fourth-order valence-electron chi connectivity index (χ4n) is 2.32. The number of nitrogens with one attached hydrogen (secondary N) is 2. The van der Waals surface area contributed by atoms with Crippen molar-refractivity contribution in [1.29, 1.82) is 0 Å². The molecule has 0 aliphatic rings. The molecule has 0 radical (unpaired) electrons. The van der Waals surface area contributed by atoms with E-state index in [-0.39, 0.29) is 24.9 Å². The number of urea groups is 1. The molecule has 0 saturated carbocycles. The van der Waals surface area contributed by atoms with Crippen LogP contribution in [-0.2, 0) is 13.1 Å². The summed E-state index contributed by atoms with van der Waals surface area (Å²) in [6.45, 7) is 2.37. The summed E-state index contributed by atoms with van der Waals surface area (Å²) in [4.78, 5) is 16.2. The third-order valence-electron chi connectivity index (χ3n) is 3.63. The summed E-state index contributed by atoms with van der Waals surface area (Å²) in [5.74, 6) is 0.992. The molecule has 8 heteroatoms. The van der Waals surface area contributed by atoms with Crippen LogP contribution in [0.4, 0.5) is 9.18 Å². The highest BCUT2D eigenvalue weighted by Crippen LogP contribution is 2.23. The molecule has 6 nitrogen and oxygen atoms in total. The largest absolute Gasteiger partial charge is 0.494 e. The van der Waals surface area contributed by atoms with E-state index in [1.165, 1.54) is 19.2 Å². The Morgan fingerprint density at radius 1 is 1.27 bits per heavy atom. The number of furan rings is 1. The molecule has 2 heterocycles. The Labute approximate surface area is 154 Å². The first-order chi connectivity index (χ1) is 12.5. The van der Waals surface area contributed by atoms with Crippen LogP contribution >= 0.6 is 11.3 Å². The second kappa shape index (κ2) is 8.01. The van der Waals surface area contributed by atoms with E-state index in [9.17, 15) is 9.18 Å². The van der Waals surface area contributed by atoms with Crippen LogP contribution in [0.1, 0.15) is 16.3 Å². The number of amides is 2. The zero-order valence-electron chi connectivity index (χ0n) is 14.3. The number of methoxy groups -OCH3 is 1. The molecular weight excluding hydrogens is 357 g/mol. The van der Waals surface area contributed by atoms with Gasteiger partial charge >= 0.3 is 6.03 Å². The Morgan fingerprint density at radius 2 is 2.08 bits per heavy atom. The van der Waals surface area contributed by atoms with Crippen LogP contribution in [0.2, 0.25) is 0 Å². The van der Waals surface area contributed by atoms with Gasteiger partial charge in [-0.05, 0) is 36.8 Å². The molecule has 136 valence electrons. The predicted molar refractivity (Wildman–Crippen MR) is 96.6 cm³/mol. The number of aromatic nitrogens is 1. The molecule has 1 aromatic carbocycles. The SMILES string of the molecule is COc1ccc(CNC(=O)NCc2ccc(-c3csc(C)n3)o2)cc1F. The van der Waals surface area contributed by atoms with E-state index in [2.05, 4.69) is 15.6 Å². The quantitative estimate of drug-likeness (QED) is 0.686. The Morgan fingerprint density at radius 3 is 2.77 bits per heavy atom. The van der Waals surface area contributed by atoms with Gasteiger partial charge in [0.05, 0.1) is 18.7 Å². The first-order valence-corrected chi connectivity index (χ1v) is 8.78. The highest BCUT2D eigenvalue weighted by atomic mass is 32.1. The van der Waals surface area contributed by atoms with Crippen molar-refractivity contribution >= 4 is 17.4 Å². The maximum absolute atomic E-state index is 13.6. The maximum Gasteiger partial charge on any atom is 0.315 e. The molecule has 2 aromatic heterocycles. The molecule has 0 fully saturated rings. The van der Waals surface area contributed by atoms with Crippen molar-refractivity contribution in [2.24, 2.45) is 0 Å². The van der Waals surface area contributed by atoms with E-state index in [1.54, 1.807) is 23.5 Å². The smallest absolute Gasteiger partial charge is 0.315 e. The highest BCUT2D eigenvalue weighted by molar-refractivity contribution is 7.09. The number of carbonyl (C=O) groups excluding carboxylic acids is 1. The number of carbonyl (C=O) groups is 1. The van der Waals surface area contributed by atoms with E-state index in [1.807, 2.05) is 18.4 Å². The molecule has 2 N–H and O–H groups in total. The van der Waals surface area contributed by atoms with Crippen molar-refractivity contribution < 1.29 is 18.3 Å². The maximum atomic E-state index is 13.6. The van der Waals surface area contributed by atoms with Crippen LogP contribution in [0.15, 0.2) is 40.1 Å². The second-order valence-corrected chi connectivity index (χ2v) is 6.59. The fourth-order valence-corrected chi connectivity index (χ4v) is 2.92. The Balaban J connectivity index is 1.48. The van der Waals surface area contributed by atoms with Gasteiger partial charge in [-0.25, -0.2) is 14.2 Å². The molecule has 0 unspecified atom stereocenters. The number of rotatable bonds is 6. The summed E-state index contributed by atoms with van der Waals surface area (Å²) < 4.78 is 24.2. The molecule has 2 amide bonds. The number of aryl methyl sites for hydroxylation is 1. The zero-order chi connectivity index (χ0) is 18.5. The van der Waals surface area contributed by atoms with Gasteiger partial charge in [-0.15, -0.1) is 11.3 Å². The number of ether oxygens (including phenoxy) is 1. The van der Waals surface area contributed by atoms with Gasteiger partial charge < -0.3 is 19.8 Å². The molecule has 0 bridgehead atoms. The van der Waals surface area contributed by atoms with Gasteiger partial charge in [-0.1, -0.05) is 6.07 Å². The molecule has 0 aliphatic heterocycles. The number of halogens is 1. The third kappa shape index (κ3) is 4.40. The lowest BCUT2D eigenvalue weighted by Gasteiger charge is -2.08. The van der Waals surface area contributed by atoms with Crippen LogP contribution in [-0.4, -0.2) is 18.1 Å². The van der Waals surface area contributed by atoms with E-state index in [4.69, 9.17) is 9.15 Å². The van der Waals surface area contributed by atoms with E-state index >= 15 is 0 Å². The molecule has 0 saturated heterocycles.